The van der Waals surface area contributed by atoms with Crippen molar-refractivity contribution in [2.45, 2.75) is 25.5 Å². The van der Waals surface area contributed by atoms with Gasteiger partial charge in [0.25, 0.3) is 0 Å². The van der Waals surface area contributed by atoms with Crippen LogP contribution < -0.4 is 9.47 Å². The Labute approximate surface area is 174 Å². The molecule has 2 aliphatic rings. The van der Waals surface area contributed by atoms with E-state index in [9.17, 15) is 0 Å². The Morgan fingerprint density at radius 2 is 1.86 bits per heavy atom. The molecule has 2 aromatic carbocycles. The van der Waals surface area contributed by atoms with Crippen molar-refractivity contribution in [2.24, 2.45) is 0 Å². The fourth-order valence-corrected chi connectivity index (χ4v) is 4.39. The van der Waals surface area contributed by atoms with Crippen molar-refractivity contribution >= 4 is 0 Å². The first kappa shape index (κ1) is 20.2. The lowest BCUT2D eigenvalue weighted by Gasteiger charge is -2.33. The van der Waals surface area contributed by atoms with E-state index in [1.807, 2.05) is 12.1 Å². The van der Waals surface area contributed by atoms with Crippen LogP contribution in [-0.2, 0) is 11.3 Å². The number of benzene rings is 2. The molecular formula is C24H32N2O3. The molecule has 2 aromatic rings. The predicted molar refractivity (Wildman–Crippen MR) is 115 cm³/mol. The molecule has 5 heteroatoms. The van der Waals surface area contributed by atoms with E-state index in [4.69, 9.17) is 14.2 Å². The van der Waals surface area contributed by atoms with Gasteiger partial charge in [0.2, 0.25) is 0 Å². The highest BCUT2D eigenvalue weighted by Gasteiger charge is 2.26. The van der Waals surface area contributed by atoms with E-state index in [2.05, 4.69) is 54.1 Å². The maximum atomic E-state index is 6.12. The Bertz CT molecular complexity index is 808. The number of fused-ring (bicyclic) bond motifs is 1. The molecule has 2 heterocycles. The summed E-state index contributed by atoms with van der Waals surface area (Å²) in [6, 6.07) is 15.0. The zero-order valence-corrected chi connectivity index (χ0v) is 17.8. The Morgan fingerprint density at radius 3 is 2.62 bits per heavy atom. The second kappa shape index (κ2) is 9.16. The fourth-order valence-electron chi connectivity index (χ4n) is 4.39. The normalized spacial score (nSPS) is 22.9. The highest BCUT2D eigenvalue weighted by molar-refractivity contribution is 5.45. The van der Waals surface area contributed by atoms with Gasteiger partial charge in [0.1, 0.15) is 24.2 Å². The Balaban J connectivity index is 1.47. The molecule has 0 spiro atoms. The highest BCUT2D eigenvalue weighted by atomic mass is 16.5. The Kier molecular flexibility index (Phi) is 6.38. The number of methoxy groups -OCH3 is 1. The molecule has 156 valence electrons. The van der Waals surface area contributed by atoms with Gasteiger partial charge in [0.15, 0.2) is 0 Å². The van der Waals surface area contributed by atoms with Crippen molar-refractivity contribution in [2.75, 3.05) is 53.6 Å². The molecule has 2 aliphatic heterocycles. The zero-order chi connectivity index (χ0) is 20.2. The summed E-state index contributed by atoms with van der Waals surface area (Å²) in [5, 5.41) is 0. The largest absolute Gasteiger partial charge is 0.497 e. The van der Waals surface area contributed by atoms with E-state index >= 15 is 0 Å². The van der Waals surface area contributed by atoms with Crippen LogP contribution in [0.5, 0.6) is 11.5 Å². The second-order valence-electron chi connectivity index (χ2n) is 8.08. The van der Waals surface area contributed by atoms with Crippen molar-refractivity contribution in [3.05, 3.63) is 59.2 Å². The van der Waals surface area contributed by atoms with Gasteiger partial charge in [-0.2, -0.15) is 0 Å². The third-order valence-corrected chi connectivity index (χ3v) is 6.05. The molecular weight excluding hydrogens is 364 g/mol. The maximum absolute atomic E-state index is 6.12. The quantitative estimate of drug-likeness (QED) is 0.748. The molecule has 2 atom stereocenters. The van der Waals surface area contributed by atoms with Gasteiger partial charge < -0.3 is 19.1 Å². The molecule has 1 saturated heterocycles. The minimum atomic E-state index is 0.148. The molecule has 29 heavy (non-hydrogen) atoms. The molecule has 0 N–H and O–H groups in total. The van der Waals surface area contributed by atoms with E-state index in [0.717, 1.165) is 50.8 Å². The Hall–Kier alpha value is -2.08. The number of morpholine rings is 1. The molecule has 0 aliphatic carbocycles. The SMILES string of the molecule is CCN1CCOC(COc2ccc3c(c2)CN(C)CC3c2ccc(OC)cc2)C1. The monoisotopic (exact) mass is 396 g/mol. The molecule has 0 aromatic heterocycles. The van der Waals surface area contributed by atoms with Crippen LogP contribution in [0.2, 0.25) is 0 Å². The zero-order valence-electron chi connectivity index (χ0n) is 17.8. The topological polar surface area (TPSA) is 34.2 Å². The number of hydrogen-bond acceptors (Lipinski definition) is 5. The summed E-state index contributed by atoms with van der Waals surface area (Å²) in [5.41, 5.74) is 4.06. The summed E-state index contributed by atoms with van der Waals surface area (Å²) in [4.78, 5) is 4.79. The highest BCUT2D eigenvalue weighted by Crippen LogP contribution is 2.35. The van der Waals surface area contributed by atoms with Gasteiger partial charge in [0, 0.05) is 32.1 Å². The average Bonchev–Trinajstić information content (AvgIpc) is 2.77. The summed E-state index contributed by atoms with van der Waals surface area (Å²) in [7, 11) is 3.89. The van der Waals surface area contributed by atoms with Gasteiger partial charge in [0.05, 0.1) is 13.7 Å². The summed E-state index contributed by atoms with van der Waals surface area (Å²) < 4.78 is 17.3. The minimum absolute atomic E-state index is 0.148. The van der Waals surface area contributed by atoms with Gasteiger partial charge in [-0.25, -0.2) is 0 Å². The van der Waals surface area contributed by atoms with Crippen molar-refractivity contribution < 1.29 is 14.2 Å². The lowest BCUT2D eigenvalue weighted by Crippen LogP contribution is -2.44. The minimum Gasteiger partial charge on any atom is -0.497 e. The van der Waals surface area contributed by atoms with Crippen molar-refractivity contribution in [1.82, 2.24) is 9.80 Å². The maximum Gasteiger partial charge on any atom is 0.119 e. The second-order valence-corrected chi connectivity index (χ2v) is 8.08. The molecule has 0 bridgehead atoms. The van der Waals surface area contributed by atoms with Gasteiger partial charge >= 0.3 is 0 Å². The first-order valence-electron chi connectivity index (χ1n) is 10.6. The van der Waals surface area contributed by atoms with Gasteiger partial charge in [-0.05, 0) is 54.5 Å². The smallest absolute Gasteiger partial charge is 0.119 e. The number of hydrogen-bond donors (Lipinski definition) is 0. The number of likely N-dealkylation sites (N-methyl/N-ethyl adjacent to an activating group) is 2. The van der Waals surface area contributed by atoms with E-state index in [-0.39, 0.29) is 6.10 Å². The average molecular weight is 397 g/mol. The van der Waals surface area contributed by atoms with Crippen LogP contribution in [0.4, 0.5) is 0 Å². The van der Waals surface area contributed by atoms with E-state index < -0.39 is 0 Å². The van der Waals surface area contributed by atoms with Crippen molar-refractivity contribution in [3.8, 4) is 11.5 Å². The van der Waals surface area contributed by atoms with Gasteiger partial charge in [-0.3, -0.25) is 4.90 Å². The molecule has 4 rings (SSSR count). The van der Waals surface area contributed by atoms with Crippen LogP contribution in [0.15, 0.2) is 42.5 Å². The van der Waals surface area contributed by atoms with Gasteiger partial charge in [-0.15, -0.1) is 0 Å². The van der Waals surface area contributed by atoms with Crippen LogP contribution in [0, 0.1) is 0 Å². The summed E-state index contributed by atoms with van der Waals surface area (Å²) in [6.45, 7) is 8.59. The molecule has 0 amide bonds. The number of nitrogens with zero attached hydrogens (tertiary/aromatic N) is 2. The Morgan fingerprint density at radius 1 is 1.07 bits per heavy atom. The van der Waals surface area contributed by atoms with Crippen LogP contribution in [0.25, 0.3) is 0 Å². The van der Waals surface area contributed by atoms with Crippen LogP contribution in [-0.4, -0.2) is 69.5 Å². The standard InChI is InChI=1S/C24H32N2O3/c1-4-26-11-12-28-22(15-26)17-29-21-9-10-23-19(13-21)14-25(2)16-24(23)18-5-7-20(27-3)8-6-18/h5-10,13,22,24H,4,11-12,14-17H2,1-3H3. The van der Waals surface area contributed by atoms with Crippen LogP contribution in [0.3, 0.4) is 0 Å². The molecule has 0 radical (unpaired) electrons. The fraction of sp³-hybridized carbons (Fsp3) is 0.500. The van der Waals surface area contributed by atoms with Crippen molar-refractivity contribution in [1.29, 1.82) is 0 Å². The van der Waals surface area contributed by atoms with Crippen molar-refractivity contribution in [3.63, 3.8) is 0 Å². The molecule has 5 nitrogen and oxygen atoms in total. The molecule has 1 fully saturated rings. The predicted octanol–water partition coefficient (Wildman–Crippen LogP) is 3.37. The van der Waals surface area contributed by atoms with E-state index in [1.165, 1.54) is 16.7 Å². The number of ether oxygens (including phenoxy) is 3. The first-order valence-corrected chi connectivity index (χ1v) is 10.6. The van der Waals surface area contributed by atoms with Crippen LogP contribution in [0.1, 0.15) is 29.5 Å². The molecule has 2 unspecified atom stereocenters. The summed E-state index contributed by atoms with van der Waals surface area (Å²) >= 11 is 0. The van der Waals surface area contributed by atoms with E-state index in [0.29, 0.717) is 12.5 Å². The third kappa shape index (κ3) is 4.74. The molecule has 0 saturated carbocycles. The lowest BCUT2D eigenvalue weighted by molar-refractivity contribution is -0.0464. The first-order chi connectivity index (χ1) is 14.2. The van der Waals surface area contributed by atoms with Crippen LogP contribution >= 0.6 is 0 Å². The van der Waals surface area contributed by atoms with E-state index in [1.54, 1.807) is 7.11 Å². The number of rotatable bonds is 6. The summed E-state index contributed by atoms with van der Waals surface area (Å²) in [5.74, 6) is 2.20. The summed E-state index contributed by atoms with van der Waals surface area (Å²) in [6.07, 6.45) is 0.148. The van der Waals surface area contributed by atoms with Gasteiger partial charge in [-0.1, -0.05) is 25.1 Å². The third-order valence-electron chi connectivity index (χ3n) is 6.05. The lowest BCUT2D eigenvalue weighted by atomic mass is 9.84.